The summed E-state index contributed by atoms with van der Waals surface area (Å²) in [7, 11) is 0. The number of hydrogen-bond acceptors (Lipinski definition) is 2. The van der Waals surface area contributed by atoms with Gasteiger partial charge in [0.1, 0.15) is 5.65 Å². The van der Waals surface area contributed by atoms with E-state index >= 15 is 0 Å². The Hall–Kier alpha value is -2.91. The molecule has 24 heavy (non-hydrogen) atoms. The third kappa shape index (κ3) is 1.43. The standard InChI is InChI=1S/C21H12N2S/c1-2-7-17-13(5-1)15-9-10-16-14-6-3-4-8-18(14)24-20(16)19(15)23-12-11-22-21(17)23/h1-12H. The van der Waals surface area contributed by atoms with Gasteiger partial charge in [0.2, 0.25) is 0 Å². The highest BCUT2D eigenvalue weighted by Gasteiger charge is 2.14. The molecule has 112 valence electrons. The summed E-state index contributed by atoms with van der Waals surface area (Å²) in [5.74, 6) is 0. The molecule has 0 unspecified atom stereocenters. The lowest BCUT2D eigenvalue weighted by molar-refractivity contribution is 1.28. The van der Waals surface area contributed by atoms with Gasteiger partial charge < -0.3 is 0 Å². The van der Waals surface area contributed by atoms with E-state index in [0.717, 1.165) is 5.65 Å². The van der Waals surface area contributed by atoms with Gasteiger partial charge in [0.15, 0.2) is 0 Å². The van der Waals surface area contributed by atoms with Gasteiger partial charge in [0.25, 0.3) is 0 Å². The van der Waals surface area contributed by atoms with Crippen LogP contribution in [-0.4, -0.2) is 9.38 Å². The number of nitrogens with zero attached hydrogens (tertiary/aromatic N) is 2. The van der Waals surface area contributed by atoms with Gasteiger partial charge in [-0.15, -0.1) is 11.3 Å². The first kappa shape index (κ1) is 12.5. The molecule has 0 aliphatic heterocycles. The summed E-state index contributed by atoms with van der Waals surface area (Å²) in [6.45, 7) is 0. The Kier molecular flexibility index (Phi) is 2.26. The molecule has 3 aromatic heterocycles. The zero-order valence-electron chi connectivity index (χ0n) is 12.7. The molecule has 0 bridgehead atoms. The normalized spacial score (nSPS) is 12.2. The maximum atomic E-state index is 4.63. The largest absolute Gasteiger partial charge is 0.298 e. The van der Waals surface area contributed by atoms with Crippen LogP contribution in [-0.2, 0) is 0 Å². The maximum absolute atomic E-state index is 4.63. The Labute approximate surface area is 141 Å². The van der Waals surface area contributed by atoms with Crippen molar-refractivity contribution in [2.45, 2.75) is 0 Å². The Morgan fingerprint density at radius 2 is 1.46 bits per heavy atom. The molecule has 0 aliphatic carbocycles. The summed E-state index contributed by atoms with van der Waals surface area (Å²) in [4.78, 5) is 4.63. The number of aromatic nitrogens is 2. The van der Waals surface area contributed by atoms with Gasteiger partial charge >= 0.3 is 0 Å². The van der Waals surface area contributed by atoms with Crippen molar-refractivity contribution in [1.82, 2.24) is 9.38 Å². The molecule has 0 fully saturated rings. The van der Waals surface area contributed by atoms with Crippen molar-refractivity contribution in [1.29, 1.82) is 0 Å². The van der Waals surface area contributed by atoms with Gasteiger partial charge in [0, 0.05) is 38.6 Å². The minimum Gasteiger partial charge on any atom is -0.298 e. The average Bonchev–Trinajstić information content (AvgIpc) is 3.26. The van der Waals surface area contributed by atoms with Gasteiger partial charge in [-0.05, 0) is 11.5 Å². The minimum absolute atomic E-state index is 1.03. The first-order valence-electron chi connectivity index (χ1n) is 7.99. The summed E-state index contributed by atoms with van der Waals surface area (Å²) in [5, 5.41) is 6.42. The van der Waals surface area contributed by atoms with E-state index in [1.165, 1.54) is 41.8 Å². The number of thiophene rings is 1. The van der Waals surface area contributed by atoms with Gasteiger partial charge in [-0.3, -0.25) is 4.40 Å². The highest BCUT2D eigenvalue weighted by molar-refractivity contribution is 7.26. The second kappa shape index (κ2) is 4.34. The van der Waals surface area contributed by atoms with Crippen LogP contribution in [0.5, 0.6) is 0 Å². The predicted molar refractivity (Wildman–Crippen MR) is 103 cm³/mol. The second-order valence-corrected chi connectivity index (χ2v) is 7.16. The minimum atomic E-state index is 1.03. The molecular formula is C21H12N2S. The van der Waals surface area contributed by atoms with Crippen LogP contribution in [0.25, 0.3) is 47.5 Å². The average molecular weight is 324 g/mol. The van der Waals surface area contributed by atoms with Crippen LogP contribution < -0.4 is 0 Å². The van der Waals surface area contributed by atoms with E-state index in [-0.39, 0.29) is 0 Å². The number of rotatable bonds is 0. The van der Waals surface area contributed by atoms with Gasteiger partial charge in [0.05, 0.1) is 10.2 Å². The zero-order chi connectivity index (χ0) is 15.7. The van der Waals surface area contributed by atoms with Crippen LogP contribution in [0.1, 0.15) is 0 Å². The molecule has 3 aromatic carbocycles. The third-order valence-electron chi connectivity index (χ3n) is 4.86. The Bertz CT molecular complexity index is 1410. The molecule has 0 amide bonds. The summed E-state index contributed by atoms with van der Waals surface area (Å²) >= 11 is 1.87. The van der Waals surface area contributed by atoms with E-state index in [9.17, 15) is 0 Å². The molecule has 0 spiro atoms. The molecule has 6 rings (SSSR count). The number of hydrogen-bond donors (Lipinski definition) is 0. The van der Waals surface area contributed by atoms with Crippen LogP contribution >= 0.6 is 11.3 Å². The Balaban J connectivity index is 2.02. The fourth-order valence-corrected chi connectivity index (χ4v) is 5.07. The molecule has 0 saturated heterocycles. The third-order valence-corrected chi connectivity index (χ3v) is 6.05. The monoisotopic (exact) mass is 324 g/mol. The SMILES string of the molecule is c1ccc2c(c1)sc1c2ccc2c3ccccc3c3nccn3c21. The first-order valence-corrected chi connectivity index (χ1v) is 8.81. The fraction of sp³-hybridized carbons (Fsp3) is 0. The van der Waals surface area contributed by atoms with Gasteiger partial charge in [-0.25, -0.2) is 4.98 Å². The van der Waals surface area contributed by atoms with Crippen LogP contribution in [0.2, 0.25) is 0 Å². The predicted octanol–water partition coefficient (Wildman–Crippen LogP) is 6.01. The first-order chi connectivity index (χ1) is 11.9. The zero-order valence-corrected chi connectivity index (χ0v) is 13.5. The summed E-state index contributed by atoms with van der Waals surface area (Å²) < 4.78 is 4.92. The summed E-state index contributed by atoms with van der Waals surface area (Å²) in [6, 6.07) is 21.7. The van der Waals surface area contributed by atoms with Crippen molar-refractivity contribution in [2.24, 2.45) is 0 Å². The second-order valence-electron chi connectivity index (χ2n) is 6.10. The summed E-state index contributed by atoms with van der Waals surface area (Å²) in [6.07, 6.45) is 3.97. The lowest BCUT2D eigenvalue weighted by Crippen LogP contribution is -1.90. The lowest BCUT2D eigenvalue weighted by atomic mass is 10.0. The highest BCUT2D eigenvalue weighted by Crippen LogP contribution is 2.40. The van der Waals surface area contributed by atoms with Crippen molar-refractivity contribution < 1.29 is 0 Å². The molecule has 0 saturated carbocycles. The molecule has 0 N–H and O–H groups in total. The van der Waals surface area contributed by atoms with E-state index in [1.807, 2.05) is 17.5 Å². The van der Waals surface area contributed by atoms with E-state index < -0.39 is 0 Å². The molecule has 0 atom stereocenters. The van der Waals surface area contributed by atoms with Gasteiger partial charge in [-0.1, -0.05) is 54.6 Å². The quantitative estimate of drug-likeness (QED) is 0.313. The van der Waals surface area contributed by atoms with Crippen molar-refractivity contribution in [2.75, 3.05) is 0 Å². The Morgan fingerprint density at radius 3 is 2.38 bits per heavy atom. The number of pyridine rings is 1. The van der Waals surface area contributed by atoms with Crippen LogP contribution in [0.3, 0.4) is 0 Å². The lowest BCUT2D eigenvalue weighted by Gasteiger charge is -2.09. The van der Waals surface area contributed by atoms with Crippen LogP contribution in [0.4, 0.5) is 0 Å². The van der Waals surface area contributed by atoms with E-state index in [4.69, 9.17) is 0 Å². The number of imidazole rings is 1. The van der Waals surface area contributed by atoms with Crippen molar-refractivity contribution in [3.63, 3.8) is 0 Å². The molecule has 3 heterocycles. The van der Waals surface area contributed by atoms with Crippen LogP contribution in [0, 0.1) is 0 Å². The smallest absolute Gasteiger partial charge is 0.145 e. The molecule has 0 radical (unpaired) electrons. The van der Waals surface area contributed by atoms with Gasteiger partial charge in [-0.2, -0.15) is 0 Å². The molecular weight excluding hydrogens is 312 g/mol. The van der Waals surface area contributed by atoms with E-state index in [1.54, 1.807) is 0 Å². The highest BCUT2D eigenvalue weighted by atomic mass is 32.1. The maximum Gasteiger partial charge on any atom is 0.145 e. The van der Waals surface area contributed by atoms with Crippen molar-refractivity contribution in [3.05, 3.63) is 73.1 Å². The summed E-state index contributed by atoms with van der Waals surface area (Å²) in [5.41, 5.74) is 2.29. The fourth-order valence-electron chi connectivity index (χ4n) is 3.83. The molecule has 0 aliphatic rings. The van der Waals surface area contributed by atoms with Crippen molar-refractivity contribution >= 4 is 58.8 Å². The van der Waals surface area contributed by atoms with E-state index in [0.29, 0.717) is 0 Å². The number of fused-ring (bicyclic) bond motifs is 10. The van der Waals surface area contributed by atoms with Crippen molar-refractivity contribution in [3.8, 4) is 0 Å². The molecule has 6 aromatic rings. The Morgan fingerprint density at radius 1 is 0.708 bits per heavy atom. The van der Waals surface area contributed by atoms with Crippen LogP contribution in [0.15, 0.2) is 73.1 Å². The topological polar surface area (TPSA) is 17.3 Å². The molecule has 3 heteroatoms. The van der Waals surface area contributed by atoms with E-state index in [2.05, 4.69) is 76.2 Å². The number of benzene rings is 3. The molecule has 2 nitrogen and oxygen atoms in total.